The van der Waals surface area contributed by atoms with E-state index in [1.165, 1.54) is 0 Å². The lowest BCUT2D eigenvalue weighted by Gasteiger charge is -2.32. The molecular weight excluding hydrogens is 368 g/mol. The summed E-state index contributed by atoms with van der Waals surface area (Å²) in [6, 6.07) is 11.2. The predicted molar refractivity (Wildman–Crippen MR) is 113 cm³/mol. The maximum Gasteiger partial charge on any atom is 0.266 e. The number of rotatable bonds is 9. The summed E-state index contributed by atoms with van der Waals surface area (Å²) >= 11 is 0. The molecule has 0 saturated heterocycles. The minimum Gasteiger partial charge on any atom is -0.489 e. The summed E-state index contributed by atoms with van der Waals surface area (Å²) in [4.78, 5) is 23.8. The number of pyridine rings is 1. The number of benzene rings is 1. The molecule has 1 unspecified atom stereocenters. The van der Waals surface area contributed by atoms with E-state index in [0.29, 0.717) is 17.9 Å². The van der Waals surface area contributed by atoms with Crippen LogP contribution in [0.25, 0.3) is 0 Å². The largest absolute Gasteiger partial charge is 0.489 e. The number of oxime groups is 1. The van der Waals surface area contributed by atoms with E-state index < -0.39 is 6.10 Å². The van der Waals surface area contributed by atoms with Crippen LogP contribution in [-0.4, -0.2) is 39.8 Å². The monoisotopic (exact) mass is 398 g/mol. The van der Waals surface area contributed by atoms with Crippen LogP contribution in [0.2, 0.25) is 0 Å². The van der Waals surface area contributed by atoms with Crippen molar-refractivity contribution < 1.29 is 14.4 Å². The summed E-state index contributed by atoms with van der Waals surface area (Å²) in [6.45, 7) is 9.99. The van der Waals surface area contributed by atoms with Crippen molar-refractivity contribution in [2.45, 2.75) is 59.4 Å². The highest BCUT2D eigenvalue weighted by atomic mass is 16.6. The third-order valence-electron chi connectivity index (χ3n) is 4.30. The lowest BCUT2D eigenvalue weighted by atomic mass is 10.2. The summed E-state index contributed by atoms with van der Waals surface area (Å²) in [5.74, 6) is 0.786. The second-order valence-corrected chi connectivity index (χ2v) is 7.33. The van der Waals surface area contributed by atoms with Crippen molar-refractivity contribution in [3.8, 4) is 5.75 Å². The first-order chi connectivity index (χ1) is 13.8. The van der Waals surface area contributed by atoms with Gasteiger partial charge in [-0.25, -0.2) is 0 Å². The number of ether oxygens (including phenoxy) is 1. The van der Waals surface area contributed by atoms with Gasteiger partial charge in [-0.05, 0) is 65.0 Å². The van der Waals surface area contributed by atoms with Crippen molar-refractivity contribution in [3.63, 3.8) is 0 Å². The molecule has 0 bridgehead atoms. The number of aromatic nitrogens is 1. The summed E-state index contributed by atoms with van der Waals surface area (Å²) in [6.07, 6.45) is 2.76. The van der Waals surface area contributed by atoms with Gasteiger partial charge in [-0.15, -0.1) is 0 Å². The van der Waals surface area contributed by atoms with Crippen LogP contribution in [0.5, 0.6) is 5.75 Å². The molecule has 7 nitrogen and oxygen atoms in total. The van der Waals surface area contributed by atoms with Crippen LogP contribution in [0.1, 0.15) is 45.7 Å². The lowest BCUT2D eigenvalue weighted by molar-refractivity contribution is -0.146. The van der Waals surface area contributed by atoms with Gasteiger partial charge < -0.3 is 20.2 Å². The zero-order valence-electron chi connectivity index (χ0n) is 17.7. The van der Waals surface area contributed by atoms with E-state index in [9.17, 15) is 4.79 Å². The number of amides is 1. The highest BCUT2D eigenvalue weighted by Crippen LogP contribution is 2.15. The van der Waals surface area contributed by atoms with Gasteiger partial charge in [-0.1, -0.05) is 11.2 Å². The number of hydrogen-bond acceptors (Lipinski definition) is 5. The van der Waals surface area contributed by atoms with Crippen LogP contribution in [0.4, 0.5) is 0 Å². The van der Waals surface area contributed by atoms with E-state index in [-0.39, 0.29) is 23.8 Å². The lowest BCUT2D eigenvalue weighted by Crippen LogP contribution is -2.46. The smallest absolute Gasteiger partial charge is 0.266 e. The Morgan fingerprint density at radius 2 is 1.76 bits per heavy atom. The number of carbonyl (C=O) groups is 1. The number of amidine groups is 1. The molecule has 2 rings (SSSR count). The second kappa shape index (κ2) is 10.5. The Kier molecular flexibility index (Phi) is 8.00. The molecule has 29 heavy (non-hydrogen) atoms. The molecule has 1 aromatic carbocycles. The Morgan fingerprint density at radius 1 is 1.10 bits per heavy atom. The summed E-state index contributed by atoms with van der Waals surface area (Å²) in [5, 5.41) is 3.94. The average molecular weight is 399 g/mol. The molecule has 1 amide bonds. The molecule has 0 aliphatic heterocycles. The maximum absolute atomic E-state index is 12.6. The summed E-state index contributed by atoms with van der Waals surface area (Å²) < 4.78 is 5.73. The minimum atomic E-state index is -0.722. The molecule has 0 fully saturated rings. The molecule has 1 aromatic heterocycles. The van der Waals surface area contributed by atoms with E-state index >= 15 is 0 Å². The van der Waals surface area contributed by atoms with Gasteiger partial charge in [0, 0.05) is 35.6 Å². The van der Waals surface area contributed by atoms with E-state index in [4.69, 9.17) is 15.3 Å². The van der Waals surface area contributed by atoms with E-state index in [0.717, 1.165) is 5.56 Å². The van der Waals surface area contributed by atoms with Crippen LogP contribution in [0, 0.1) is 0 Å². The fourth-order valence-corrected chi connectivity index (χ4v) is 2.92. The Hall–Kier alpha value is -3.09. The number of hydrogen-bond donors (Lipinski definition) is 1. The summed E-state index contributed by atoms with van der Waals surface area (Å²) in [7, 11) is 0. The second-order valence-electron chi connectivity index (χ2n) is 7.33. The molecular formula is C22H30N4O3. The van der Waals surface area contributed by atoms with Crippen LogP contribution in [0.15, 0.2) is 53.9 Å². The quantitative estimate of drug-likeness (QED) is 0.397. The standard InChI is InChI=1S/C22H30N4O3/c1-15(2)26(16(3)4)22(27)17(5)29-25-21(23)19-8-10-20(11-9-19)28-14-18-7-6-12-24-13-18/h6-13,15-17H,14H2,1-5H3,(H2,23,25). The van der Waals surface area contributed by atoms with Crippen molar-refractivity contribution >= 4 is 11.7 Å². The number of carbonyl (C=O) groups excluding carboxylic acids is 1. The Labute approximate surface area is 172 Å². The molecule has 156 valence electrons. The summed E-state index contributed by atoms with van der Waals surface area (Å²) in [5.41, 5.74) is 7.68. The molecule has 1 heterocycles. The van der Waals surface area contributed by atoms with E-state index in [1.807, 2.05) is 52.0 Å². The maximum atomic E-state index is 12.6. The zero-order chi connectivity index (χ0) is 21.4. The van der Waals surface area contributed by atoms with Crippen molar-refractivity contribution in [2.24, 2.45) is 10.9 Å². The first-order valence-electron chi connectivity index (χ1n) is 9.73. The highest BCUT2D eigenvalue weighted by molar-refractivity contribution is 5.97. The Morgan fingerprint density at radius 3 is 2.31 bits per heavy atom. The van der Waals surface area contributed by atoms with Gasteiger partial charge in [0.15, 0.2) is 5.84 Å². The third kappa shape index (κ3) is 6.48. The van der Waals surface area contributed by atoms with Gasteiger partial charge in [-0.3, -0.25) is 9.78 Å². The average Bonchev–Trinajstić information content (AvgIpc) is 2.70. The zero-order valence-corrected chi connectivity index (χ0v) is 17.7. The van der Waals surface area contributed by atoms with Crippen LogP contribution in [-0.2, 0) is 16.2 Å². The SMILES string of the molecule is CC(ON=C(N)c1ccc(OCc2cccnc2)cc1)C(=O)N(C(C)C)C(C)C. The number of nitrogens with two attached hydrogens (primary N) is 1. The van der Waals surface area contributed by atoms with Gasteiger partial charge in [0.2, 0.25) is 6.10 Å². The van der Waals surface area contributed by atoms with Gasteiger partial charge in [-0.2, -0.15) is 0 Å². The highest BCUT2D eigenvalue weighted by Gasteiger charge is 2.26. The Balaban J connectivity index is 1.94. The van der Waals surface area contributed by atoms with Crippen molar-refractivity contribution in [3.05, 3.63) is 59.9 Å². The van der Waals surface area contributed by atoms with E-state index in [1.54, 1.807) is 36.4 Å². The van der Waals surface area contributed by atoms with Gasteiger partial charge in [0.25, 0.3) is 5.91 Å². The predicted octanol–water partition coefficient (Wildman–Crippen LogP) is 3.33. The molecule has 2 aromatic rings. The fourth-order valence-electron chi connectivity index (χ4n) is 2.92. The van der Waals surface area contributed by atoms with Gasteiger partial charge in [0.05, 0.1) is 0 Å². The molecule has 0 aliphatic carbocycles. The van der Waals surface area contributed by atoms with Gasteiger partial charge in [0.1, 0.15) is 12.4 Å². The third-order valence-corrected chi connectivity index (χ3v) is 4.30. The molecule has 0 radical (unpaired) electrons. The van der Waals surface area contributed by atoms with Crippen LogP contribution in [0.3, 0.4) is 0 Å². The van der Waals surface area contributed by atoms with Crippen molar-refractivity contribution in [1.29, 1.82) is 0 Å². The van der Waals surface area contributed by atoms with Crippen LogP contribution >= 0.6 is 0 Å². The topological polar surface area (TPSA) is 90.0 Å². The van der Waals surface area contributed by atoms with Crippen molar-refractivity contribution in [1.82, 2.24) is 9.88 Å². The van der Waals surface area contributed by atoms with E-state index in [2.05, 4.69) is 10.1 Å². The molecule has 2 N–H and O–H groups in total. The fraction of sp³-hybridized carbons (Fsp3) is 0.409. The van der Waals surface area contributed by atoms with Gasteiger partial charge >= 0.3 is 0 Å². The molecule has 7 heteroatoms. The normalized spacial score (nSPS) is 12.7. The molecule has 0 saturated carbocycles. The minimum absolute atomic E-state index is 0.0779. The van der Waals surface area contributed by atoms with Crippen molar-refractivity contribution in [2.75, 3.05) is 0 Å². The molecule has 0 aliphatic rings. The Bertz CT molecular complexity index is 797. The van der Waals surface area contributed by atoms with Crippen LogP contribution < -0.4 is 10.5 Å². The number of nitrogens with zero attached hydrogens (tertiary/aromatic N) is 3. The molecule has 0 spiro atoms. The first kappa shape index (κ1) is 22.2. The first-order valence-corrected chi connectivity index (χ1v) is 9.73. The molecule has 1 atom stereocenters.